The van der Waals surface area contributed by atoms with E-state index in [9.17, 15) is 4.79 Å². The predicted molar refractivity (Wildman–Crippen MR) is 32.6 cm³/mol. The lowest BCUT2D eigenvalue weighted by Gasteiger charge is -2.20. The summed E-state index contributed by atoms with van der Waals surface area (Å²) in [7, 11) is 1.33. The molecule has 0 aromatic heterocycles. The van der Waals surface area contributed by atoms with Gasteiger partial charge in [0.1, 0.15) is 0 Å². The molecule has 0 amide bonds. The van der Waals surface area contributed by atoms with Crippen molar-refractivity contribution in [2.24, 2.45) is 0 Å². The first kappa shape index (κ1) is 7.50. The molecule has 1 saturated heterocycles. The minimum atomic E-state index is -0.515. The number of methoxy groups -OCH3 is 1. The molecule has 0 spiro atoms. The number of hydrogen-bond donors (Lipinski definition) is 0. The molecule has 0 bridgehead atoms. The Labute approximate surface area is 59.1 Å². The molecular formula is C6H10O4. The third kappa shape index (κ3) is 1.68. The molecule has 4 nitrogen and oxygen atoms in total. The summed E-state index contributed by atoms with van der Waals surface area (Å²) < 4.78 is 14.5. The maximum Gasteiger partial charge on any atom is 0.337 e. The molecule has 0 radical (unpaired) electrons. The van der Waals surface area contributed by atoms with Crippen LogP contribution in [0.1, 0.15) is 0 Å². The molecule has 0 unspecified atom stereocenters. The molecule has 1 heterocycles. The van der Waals surface area contributed by atoms with Crippen LogP contribution in [-0.4, -0.2) is 39.0 Å². The Morgan fingerprint density at radius 1 is 1.60 bits per heavy atom. The zero-order valence-corrected chi connectivity index (χ0v) is 5.83. The fourth-order valence-electron chi connectivity index (χ4n) is 0.755. The lowest BCUT2D eigenvalue weighted by atomic mass is 10.3. The van der Waals surface area contributed by atoms with E-state index in [2.05, 4.69) is 4.74 Å². The highest BCUT2D eigenvalue weighted by atomic mass is 16.6. The van der Waals surface area contributed by atoms with Crippen molar-refractivity contribution in [2.45, 2.75) is 6.10 Å². The van der Waals surface area contributed by atoms with E-state index in [0.717, 1.165) is 0 Å². The Morgan fingerprint density at radius 3 is 2.90 bits per heavy atom. The molecule has 0 aliphatic carbocycles. The first-order valence-electron chi connectivity index (χ1n) is 3.12. The van der Waals surface area contributed by atoms with Crippen LogP contribution in [0.2, 0.25) is 0 Å². The van der Waals surface area contributed by atoms with E-state index in [-0.39, 0.29) is 5.97 Å². The van der Waals surface area contributed by atoms with Crippen LogP contribution in [0, 0.1) is 0 Å². The van der Waals surface area contributed by atoms with Gasteiger partial charge in [0.15, 0.2) is 6.10 Å². The van der Waals surface area contributed by atoms with E-state index in [1.165, 1.54) is 7.11 Å². The molecule has 10 heavy (non-hydrogen) atoms. The van der Waals surface area contributed by atoms with Gasteiger partial charge in [-0.05, 0) is 0 Å². The van der Waals surface area contributed by atoms with Crippen molar-refractivity contribution in [3.05, 3.63) is 0 Å². The van der Waals surface area contributed by atoms with Gasteiger partial charge in [0.05, 0.1) is 26.9 Å². The van der Waals surface area contributed by atoms with Crippen molar-refractivity contribution < 1.29 is 19.0 Å². The van der Waals surface area contributed by atoms with Gasteiger partial charge in [-0.15, -0.1) is 0 Å². The smallest absolute Gasteiger partial charge is 0.337 e. The van der Waals surface area contributed by atoms with E-state index in [1.54, 1.807) is 0 Å². The van der Waals surface area contributed by atoms with E-state index in [4.69, 9.17) is 9.47 Å². The zero-order chi connectivity index (χ0) is 7.40. The van der Waals surface area contributed by atoms with Crippen molar-refractivity contribution in [3.63, 3.8) is 0 Å². The van der Waals surface area contributed by atoms with Gasteiger partial charge in [-0.25, -0.2) is 4.79 Å². The molecule has 1 fully saturated rings. The second kappa shape index (κ2) is 3.53. The van der Waals surface area contributed by atoms with Gasteiger partial charge in [-0.1, -0.05) is 0 Å². The molecule has 1 atom stereocenters. The van der Waals surface area contributed by atoms with E-state index in [0.29, 0.717) is 19.8 Å². The van der Waals surface area contributed by atoms with Gasteiger partial charge in [0.2, 0.25) is 0 Å². The molecule has 1 aliphatic rings. The van der Waals surface area contributed by atoms with Crippen molar-refractivity contribution in [3.8, 4) is 0 Å². The minimum absolute atomic E-state index is 0.312. The van der Waals surface area contributed by atoms with Gasteiger partial charge in [-0.3, -0.25) is 0 Å². The van der Waals surface area contributed by atoms with Crippen molar-refractivity contribution in [2.75, 3.05) is 26.9 Å². The fourth-order valence-corrected chi connectivity index (χ4v) is 0.755. The highest BCUT2D eigenvalue weighted by molar-refractivity contribution is 5.74. The fraction of sp³-hybridized carbons (Fsp3) is 0.833. The normalized spacial score (nSPS) is 25.9. The van der Waals surface area contributed by atoms with Gasteiger partial charge >= 0.3 is 5.97 Å². The summed E-state index contributed by atoms with van der Waals surface area (Å²) in [6.07, 6.45) is -0.515. The average Bonchev–Trinajstić information content (AvgIpc) is 2.05. The first-order valence-corrected chi connectivity index (χ1v) is 3.12. The topological polar surface area (TPSA) is 44.8 Å². The molecule has 1 aliphatic heterocycles. The quantitative estimate of drug-likeness (QED) is 0.471. The second-order valence-electron chi connectivity index (χ2n) is 1.96. The Kier molecular flexibility index (Phi) is 2.65. The monoisotopic (exact) mass is 146 g/mol. The Bertz CT molecular complexity index is 117. The molecule has 0 N–H and O–H groups in total. The predicted octanol–water partition coefficient (Wildman–Crippen LogP) is -0.425. The third-order valence-electron chi connectivity index (χ3n) is 1.28. The Hall–Kier alpha value is -0.610. The van der Waals surface area contributed by atoms with Crippen molar-refractivity contribution >= 4 is 5.97 Å². The summed E-state index contributed by atoms with van der Waals surface area (Å²) in [4.78, 5) is 10.7. The van der Waals surface area contributed by atoms with Crippen LogP contribution in [0.25, 0.3) is 0 Å². The lowest BCUT2D eigenvalue weighted by molar-refractivity contribution is -0.167. The largest absolute Gasteiger partial charge is 0.467 e. The van der Waals surface area contributed by atoms with Crippen LogP contribution in [0.4, 0.5) is 0 Å². The number of ether oxygens (including phenoxy) is 3. The van der Waals surface area contributed by atoms with Crippen LogP contribution in [0.15, 0.2) is 0 Å². The second-order valence-corrected chi connectivity index (χ2v) is 1.96. The van der Waals surface area contributed by atoms with Crippen LogP contribution in [0.3, 0.4) is 0 Å². The van der Waals surface area contributed by atoms with E-state index < -0.39 is 6.10 Å². The molecule has 4 heteroatoms. The van der Waals surface area contributed by atoms with E-state index in [1.807, 2.05) is 0 Å². The number of esters is 1. The van der Waals surface area contributed by atoms with E-state index >= 15 is 0 Å². The van der Waals surface area contributed by atoms with Crippen LogP contribution in [-0.2, 0) is 19.0 Å². The number of hydrogen-bond acceptors (Lipinski definition) is 4. The number of carbonyl (C=O) groups is 1. The lowest BCUT2D eigenvalue weighted by Crippen LogP contribution is -2.36. The zero-order valence-electron chi connectivity index (χ0n) is 5.83. The molecule has 0 saturated carbocycles. The third-order valence-corrected chi connectivity index (χ3v) is 1.28. The summed E-state index contributed by atoms with van der Waals surface area (Å²) >= 11 is 0. The molecule has 0 aromatic carbocycles. The number of carbonyl (C=O) groups excluding carboxylic acids is 1. The molecule has 1 rings (SSSR count). The summed E-state index contributed by atoms with van der Waals surface area (Å²) in [6.45, 7) is 1.35. The summed E-state index contributed by atoms with van der Waals surface area (Å²) in [5.74, 6) is -0.361. The summed E-state index contributed by atoms with van der Waals surface area (Å²) in [5.41, 5.74) is 0. The summed E-state index contributed by atoms with van der Waals surface area (Å²) in [6, 6.07) is 0. The summed E-state index contributed by atoms with van der Waals surface area (Å²) in [5, 5.41) is 0. The van der Waals surface area contributed by atoms with Crippen molar-refractivity contribution in [1.82, 2.24) is 0 Å². The van der Waals surface area contributed by atoms with Crippen LogP contribution < -0.4 is 0 Å². The first-order chi connectivity index (χ1) is 4.84. The number of rotatable bonds is 1. The minimum Gasteiger partial charge on any atom is -0.467 e. The molecular weight excluding hydrogens is 136 g/mol. The van der Waals surface area contributed by atoms with Gasteiger partial charge < -0.3 is 14.2 Å². The Balaban J connectivity index is 2.31. The molecule has 0 aromatic rings. The molecule has 58 valence electrons. The van der Waals surface area contributed by atoms with Crippen LogP contribution >= 0.6 is 0 Å². The maximum absolute atomic E-state index is 10.7. The Morgan fingerprint density at radius 2 is 2.40 bits per heavy atom. The highest BCUT2D eigenvalue weighted by Gasteiger charge is 2.22. The van der Waals surface area contributed by atoms with Gasteiger partial charge in [0.25, 0.3) is 0 Å². The standard InChI is InChI=1S/C6H10O4/c1-8-6(7)5-4-9-2-3-10-5/h5H,2-4H2,1H3/t5-/m0/s1. The SMILES string of the molecule is COC(=O)[C@@H]1COCCO1. The maximum atomic E-state index is 10.7. The van der Waals surface area contributed by atoms with Crippen molar-refractivity contribution in [1.29, 1.82) is 0 Å². The average molecular weight is 146 g/mol. The van der Waals surface area contributed by atoms with Gasteiger partial charge in [0, 0.05) is 0 Å². The van der Waals surface area contributed by atoms with Gasteiger partial charge in [-0.2, -0.15) is 0 Å². The van der Waals surface area contributed by atoms with Crippen LogP contribution in [0.5, 0.6) is 0 Å². The highest BCUT2D eigenvalue weighted by Crippen LogP contribution is 2.01.